The van der Waals surface area contributed by atoms with Crippen LogP contribution in [0.3, 0.4) is 0 Å². The van der Waals surface area contributed by atoms with E-state index in [0.29, 0.717) is 12.3 Å². The normalized spacial score (nSPS) is 17.6. The molecule has 156 valence electrons. The fourth-order valence-corrected chi connectivity index (χ4v) is 5.85. The maximum absolute atomic E-state index is 13.5. The van der Waals surface area contributed by atoms with Crippen molar-refractivity contribution < 1.29 is 13.2 Å². The Balaban J connectivity index is 1.73. The van der Waals surface area contributed by atoms with Crippen LogP contribution in [0.5, 0.6) is 5.75 Å². The first-order valence-electron chi connectivity index (χ1n) is 10.2. The van der Waals surface area contributed by atoms with Crippen LogP contribution in [0.1, 0.15) is 36.4 Å². The summed E-state index contributed by atoms with van der Waals surface area (Å²) >= 11 is 0. The Labute approximate surface area is 178 Å². The minimum atomic E-state index is -3.63. The SMILES string of the molecule is COc1cccc(S(=O)(=O)N2CCCCC2c2cccc(-c3ccncc3C)c2)c1. The molecular formula is C24H26N2O3S. The van der Waals surface area contributed by atoms with Gasteiger partial charge in [0.25, 0.3) is 0 Å². The van der Waals surface area contributed by atoms with E-state index in [1.807, 2.05) is 31.3 Å². The second-order valence-electron chi connectivity index (χ2n) is 7.62. The minimum absolute atomic E-state index is 0.183. The summed E-state index contributed by atoms with van der Waals surface area (Å²) in [5.74, 6) is 0.541. The van der Waals surface area contributed by atoms with Crippen molar-refractivity contribution in [3.63, 3.8) is 0 Å². The van der Waals surface area contributed by atoms with Crippen LogP contribution >= 0.6 is 0 Å². The van der Waals surface area contributed by atoms with E-state index < -0.39 is 10.0 Å². The summed E-state index contributed by atoms with van der Waals surface area (Å²) < 4.78 is 33.9. The van der Waals surface area contributed by atoms with Gasteiger partial charge in [-0.3, -0.25) is 4.98 Å². The van der Waals surface area contributed by atoms with E-state index in [1.165, 1.54) is 0 Å². The fraction of sp³-hybridized carbons (Fsp3) is 0.292. The average molecular weight is 423 g/mol. The highest BCUT2D eigenvalue weighted by atomic mass is 32.2. The number of ether oxygens (including phenoxy) is 1. The maximum Gasteiger partial charge on any atom is 0.243 e. The average Bonchev–Trinajstić information content (AvgIpc) is 2.79. The van der Waals surface area contributed by atoms with Gasteiger partial charge in [0.2, 0.25) is 10.0 Å². The van der Waals surface area contributed by atoms with Crippen LogP contribution in [-0.2, 0) is 10.0 Å². The van der Waals surface area contributed by atoms with Gasteiger partial charge in [-0.1, -0.05) is 30.7 Å². The molecule has 5 nitrogen and oxygen atoms in total. The monoisotopic (exact) mass is 422 g/mol. The predicted octanol–water partition coefficient (Wildman–Crippen LogP) is 4.98. The number of benzene rings is 2. The molecule has 30 heavy (non-hydrogen) atoms. The Bertz CT molecular complexity index is 1140. The predicted molar refractivity (Wildman–Crippen MR) is 118 cm³/mol. The lowest BCUT2D eigenvalue weighted by atomic mass is 9.94. The summed E-state index contributed by atoms with van der Waals surface area (Å²) in [6.45, 7) is 2.55. The van der Waals surface area contributed by atoms with E-state index in [4.69, 9.17) is 4.74 Å². The Morgan fingerprint density at radius 2 is 1.90 bits per heavy atom. The molecule has 2 aromatic carbocycles. The molecule has 1 fully saturated rings. The van der Waals surface area contributed by atoms with Gasteiger partial charge in [-0.15, -0.1) is 0 Å². The van der Waals surface area contributed by atoms with E-state index in [-0.39, 0.29) is 10.9 Å². The van der Waals surface area contributed by atoms with Crippen LogP contribution in [0.25, 0.3) is 11.1 Å². The summed E-state index contributed by atoms with van der Waals surface area (Å²) in [7, 11) is -2.09. The van der Waals surface area contributed by atoms with Crippen LogP contribution in [0.4, 0.5) is 0 Å². The molecule has 0 N–H and O–H groups in total. The van der Waals surface area contributed by atoms with Crippen molar-refractivity contribution in [1.29, 1.82) is 0 Å². The van der Waals surface area contributed by atoms with Crippen LogP contribution in [0.15, 0.2) is 71.9 Å². The molecule has 1 saturated heterocycles. The number of hydrogen-bond donors (Lipinski definition) is 0. The van der Waals surface area contributed by atoms with Crippen LogP contribution in [0, 0.1) is 6.92 Å². The molecular weight excluding hydrogens is 396 g/mol. The number of methoxy groups -OCH3 is 1. The fourth-order valence-electron chi connectivity index (χ4n) is 4.13. The molecule has 0 spiro atoms. The molecule has 0 radical (unpaired) electrons. The number of nitrogens with zero attached hydrogens (tertiary/aromatic N) is 2. The van der Waals surface area contributed by atoms with Gasteiger partial charge in [0.1, 0.15) is 5.75 Å². The Kier molecular flexibility index (Phi) is 5.88. The number of hydrogen-bond acceptors (Lipinski definition) is 4. The van der Waals surface area contributed by atoms with Gasteiger partial charge in [-0.25, -0.2) is 8.42 Å². The molecule has 4 rings (SSSR count). The lowest BCUT2D eigenvalue weighted by Gasteiger charge is -2.35. The van der Waals surface area contributed by atoms with Gasteiger partial charge >= 0.3 is 0 Å². The van der Waals surface area contributed by atoms with E-state index in [2.05, 4.69) is 17.1 Å². The molecule has 1 unspecified atom stereocenters. The number of piperidine rings is 1. The summed E-state index contributed by atoms with van der Waals surface area (Å²) in [5.41, 5.74) is 4.32. The van der Waals surface area contributed by atoms with E-state index >= 15 is 0 Å². The zero-order chi connectivity index (χ0) is 21.1. The van der Waals surface area contributed by atoms with E-state index in [9.17, 15) is 8.42 Å². The van der Waals surface area contributed by atoms with Crippen molar-refractivity contribution in [2.45, 2.75) is 37.1 Å². The van der Waals surface area contributed by atoms with Crippen molar-refractivity contribution in [2.24, 2.45) is 0 Å². The topological polar surface area (TPSA) is 59.5 Å². The molecule has 0 bridgehead atoms. The number of sulfonamides is 1. The molecule has 0 aliphatic carbocycles. The lowest BCUT2D eigenvalue weighted by Crippen LogP contribution is -2.38. The molecule has 1 aromatic heterocycles. The number of aromatic nitrogens is 1. The summed E-state index contributed by atoms with van der Waals surface area (Å²) in [6, 6.07) is 16.8. The summed E-state index contributed by atoms with van der Waals surface area (Å²) in [6.07, 6.45) is 6.31. The Hall–Kier alpha value is -2.70. The van der Waals surface area contributed by atoms with Gasteiger partial charge in [0, 0.05) is 25.0 Å². The lowest BCUT2D eigenvalue weighted by molar-refractivity contribution is 0.256. The highest BCUT2D eigenvalue weighted by Crippen LogP contribution is 2.37. The van der Waals surface area contributed by atoms with Gasteiger partial charge in [-0.05, 0) is 66.3 Å². The maximum atomic E-state index is 13.5. The van der Waals surface area contributed by atoms with Gasteiger partial charge in [0.05, 0.1) is 18.0 Å². The highest BCUT2D eigenvalue weighted by Gasteiger charge is 2.34. The Morgan fingerprint density at radius 3 is 2.70 bits per heavy atom. The molecule has 0 saturated carbocycles. The molecule has 2 heterocycles. The molecule has 3 aromatic rings. The van der Waals surface area contributed by atoms with Crippen LogP contribution < -0.4 is 4.74 Å². The second-order valence-corrected chi connectivity index (χ2v) is 9.51. The van der Waals surface area contributed by atoms with Crippen molar-refractivity contribution in [2.75, 3.05) is 13.7 Å². The van der Waals surface area contributed by atoms with Crippen molar-refractivity contribution in [3.8, 4) is 16.9 Å². The zero-order valence-electron chi connectivity index (χ0n) is 17.3. The van der Waals surface area contributed by atoms with Crippen molar-refractivity contribution in [3.05, 3.63) is 78.1 Å². The first-order valence-corrected chi connectivity index (χ1v) is 11.6. The first-order chi connectivity index (χ1) is 14.5. The largest absolute Gasteiger partial charge is 0.497 e. The van der Waals surface area contributed by atoms with Crippen LogP contribution in [0.2, 0.25) is 0 Å². The van der Waals surface area contributed by atoms with Gasteiger partial charge < -0.3 is 4.74 Å². The molecule has 0 amide bonds. The second kappa shape index (κ2) is 8.58. The van der Waals surface area contributed by atoms with E-state index in [0.717, 1.165) is 41.5 Å². The number of pyridine rings is 1. The quantitative estimate of drug-likeness (QED) is 0.582. The van der Waals surface area contributed by atoms with Crippen molar-refractivity contribution in [1.82, 2.24) is 9.29 Å². The Morgan fingerprint density at radius 1 is 1.07 bits per heavy atom. The van der Waals surface area contributed by atoms with Crippen molar-refractivity contribution >= 4 is 10.0 Å². The standard InChI is InChI=1S/C24H26N2O3S/c1-18-17-25-13-12-23(18)19-7-5-8-20(15-19)24-11-3-4-14-26(24)30(27,28)22-10-6-9-21(16-22)29-2/h5-10,12-13,15-17,24H,3-4,11,14H2,1-2H3. The zero-order valence-corrected chi connectivity index (χ0v) is 18.1. The summed E-state index contributed by atoms with van der Waals surface area (Å²) in [4.78, 5) is 4.45. The third kappa shape index (κ3) is 3.98. The van der Waals surface area contributed by atoms with E-state index in [1.54, 1.807) is 41.9 Å². The van der Waals surface area contributed by atoms with Crippen LogP contribution in [-0.4, -0.2) is 31.4 Å². The van der Waals surface area contributed by atoms with Gasteiger partial charge in [-0.2, -0.15) is 4.31 Å². The smallest absolute Gasteiger partial charge is 0.243 e. The third-order valence-electron chi connectivity index (χ3n) is 5.70. The molecule has 1 aliphatic heterocycles. The molecule has 1 atom stereocenters. The third-order valence-corrected chi connectivity index (χ3v) is 7.61. The molecule has 1 aliphatic rings. The highest BCUT2D eigenvalue weighted by molar-refractivity contribution is 7.89. The summed E-state index contributed by atoms with van der Waals surface area (Å²) in [5, 5.41) is 0. The number of aryl methyl sites for hydroxylation is 1. The number of rotatable bonds is 5. The van der Waals surface area contributed by atoms with Gasteiger partial charge in [0.15, 0.2) is 0 Å². The molecule has 6 heteroatoms. The minimum Gasteiger partial charge on any atom is -0.497 e. The first kappa shape index (κ1) is 20.6.